The first-order chi connectivity index (χ1) is 17.3. The molecule has 0 aliphatic carbocycles. The number of alkyl carbamates (subject to hydrolysis) is 1. The molecule has 1 saturated heterocycles. The second-order valence-electron chi connectivity index (χ2n) is 9.82. The molecule has 36 heavy (non-hydrogen) atoms. The quantitative estimate of drug-likeness (QED) is 0.497. The van der Waals surface area contributed by atoms with Gasteiger partial charge in [0.1, 0.15) is 5.54 Å². The van der Waals surface area contributed by atoms with Crippen molar-refractivity contribution in [1.29, 1.82) is 5.26 Å². The molecule has 2 amide bonds. The highest BCUT2D eigenvalue weighted by molar-refractivity contribution is 5.84. The average molecular weight is 493 g/mol. The Labute approximate surface area is 213 Å². The molecule has 3 rings (SSSR count). The summed E-state index contributed by atoms with van der Waals surface area (Å²) in [5.41, 5.74) is 0.931. The SMILES string of the molecule is CC(C)CC(OC(=O)NCc1ccccc1)C(=O)NC1(C#N)CC(COCc2ccccc2)N(C)C1. The van der Waals surface area contributed by atoms with Gasteiger partial charge in [0.05, 0.1) is 19.3 Å². The van der Waals surface area contributed by atoms with Crippen LogP contribution in [0.1, 0.15) is 37.8 Å². The molecule has 8 heteroatoms. The van der Waals surface area contributed by atoms with Gasteiger partial charge in [-0.3, -0.25) is 9.69 Å². The molecule has 0 aromatic heterocycles. The van der Waals surface area contributed by atoms with E-state index in [0.717, 1.165) is 11.1 Å². The van der Waals surface area contributed by atoms with Gasteiger partial charge in [0, 0.05) is 25.6 Å². The van der Waals surface area contributed by atoms with Gasteiger partial charge in [-0.05, 0) is 30.5 Å². The van der Waals surface area contributed by atoms with Crippen LogP contribution in [0.4, 0.5) is 4.79 Å². The van der Waals surface area contributed by atoms with Crippen molar-refractivity contribution < 1.29 is 19.1 Å². The summed E-state index contributed by atoms with van der Waals surface area (Å²) in [7, 11) is 1.92. The largest absolute Gasteiger partial charge is 0.436 e. The topological polar surface area (TPSA) is 104 Å². The van der Waals surface area contributed by atoms with Crippen LogP contribution in [0.3, 0.4) is 0 Å². The molecular formula is C28H36N4O4. The lowest BCUT2D eigenvalue weighted by atomic mass is 9.96. The van der Waals surface area contributed by atoms with Crippen molar-refractivity contribution in [3.05, 3.63) is 71.8 Å². The fraction of sp³-hybridized carbons (Fsp3) is 0.464. The van der Waals surface area contributed by atoms with Crippen LogP contribution in [-0.4, -0.2) is 54.8 Å². The third kappa shape index (κ3) is 8.08. The Morgan fingerprint density at radius 1 is 1.11 bits per heavy atom. The number of hydrogen-bond donors (Lipinski definition) is 2. The molecule has 1 aliphatic rings. The van der Waals surface area contributed by atoms with Crippen molar-refractivity contribution in [2.24, 2.45) is 5.92 Å². The number of amides is 2. The third-order valence-electron chi connectivity index (χ3n) is 6.23. The number of nitrogens with one attached hydrogen (secondary N) is 2. The van der Waals surface area contributed by atoms with Crippen LogP contribution in [-0.2, 0) is 27.4 Å². The minimum absolute atomic E-state index is 0.0210. The van der Waals surface area contributed by atoms with Crippen LogP contribution < -0.4 is 10.6 Å². The second-order valence-corrected chi connectivity index (χ2v) is 9.82. The van der Waals surface area contributed by atoms with Crippen molar-refractivity contribution in [2.75, 3.05) is 20.2 Å². The molecule has 2 aromatic rings. The number of carbonyl (C=O) groups excluding carboxylic acids is 2. The van der Waals surface area contributed by atoms with Crippen LogP contribution in [0.15, 0.2) is 60.7 Å². The van der Waals surface area contributed by atoms with E-state index in [0.29, 0.717) is 39.1 Å². The van der Waals surface area contributed by atoms with Gasteiger partial charge in [-0.25, -0.2) is 4.79 Å². The number of benzene rings is 2. The zero-order chi connectivity index (χ0) is 26.0. The van der Waals surface area contributed by atoms with E-state index in [4.69, 9.17) is 9.47 Å². The molecule has 2 aromatic carbocycles. The Morgan fingerprint density at radius 2 is 1.75 bits per heavy atom. The van der Waals surface area contributed by atoms with E-state index >= 15 is 0 Å². The van der Waals surface area contributed by atoms with Gasteiger partial charge in [-0.2, -0.15) is 5.26 Å². The molecule has 8 nitrogen and oxygen atoms in total. The van der Waals surface area contributed by atoms with Crippen molar-refractivity contribution in [3.63, 3.8) is 0 Å². The van der Waals surface area contributed by atoms with Gasteiger partial charge in [0.25, 0.3) is 5.91 Å². The first-order valence-electron chi connectivity index (χ1n) is 12.3. The molecule has 1 fully saturated rings. The summed E-state index contributed by atoms with van der Waals surface area (Å²) in [4.78, 5) is 27.7. The van der Waals surface area contributed by atoms with Crippen molar-refractivity contribution in [1.82, 2.24) is 15.5 Å². The molecule has 0 bridgehead atoms. The number of nitriles is 1. The fourth-order valence-corrected chi connectivity index (χ4v) is 4.34. The van der Waals surface area contributed by atoms with E-state index in [2.05, 4.69) is 16.7 Å². The number of hydrogen-bond acceptors (Lipinski definition) is 6. The monoisotopic (exact) mass is 492 g/mol. The maximum absolute atomic E-state index is 13.2. The molecule has 3 atom stereocenters. The lowest BCUT2D eigenvalue weighted by Gasteiger charge is -2.26. The predicted molar refractivity (Wildman–Crippen MR) is 137 cm³/mol. The lowest BCUT2D eigenvalue weighted by Crippen LogP contribution is -2.53. The van der Waals surface area contributed by atoms with Gasteiger partial charge in [-0.1, -0.05) is 74.5 Å². The van der Waals surface area contributed by atoms with Crippen LogP contribution in [0.5, 0.6) is 0 Å². The number of likely N-dealkylation sites (N-methyl/N-ethyl adjacent to an activating group) is 1. The van der Waals surface area contributed by atoms with E-state index in [-0.39, 0.29) is 12.0 Å². The maximum atomic E-state index is 13.2. The van der Waals surface area contributed by atoms with E-state index in [9.17, 15) is 14.9 Å². The van der Waals surface area contributed by atoms with Gasteiger partial charge < -0.3 is 20.1 Å². The normalized spacial score (nSPS) is 20.5. The summed E-state index contributed by atoms with van der Waals surface area (Å²) in [6.45, 7) is 5.50. The summed E-state index contributed by atoms with van der Waals surface area (Å²) in [5.74, 6) is -0.342. The molecule has 1 heterocycles. The van der Waals surface area contributed by atoms with Gasteiger partial charge >= 0.3 is 6.09 Å². The van der Waals surface area contributed by atoms with Crippen LogP contribution in [0.25, 0.3) is 0 Å². The van der Waals surface area contributed by atoms with E-state index < -0.39 is 23.6 Å². The number of nitrogens with zero attached hydrogens (tertiary/aromatic N) is 2. The Hall–Kier alpha value is -3.41. The predicted octanol–water partition coefficient (Wildman–Crippen LogP) is 3.63. The first-order valence-corrected chi connectivity index (χ1v) is 12.3. The summed E-state index contributed by atoms with van der Waals surface area (Å²) < 4.78 is 11.4. The second kappa shape index (κ2) is 13.1. The fourth-order valence-electron chi connectivity index (χ4n) is 4.34. The van der Waals surface area contributed by atoms with E-state index in [1.807, 2.05) is 86.5 Å². The van der Waals surface area contributed by atoms with Crippen LogP contribution in [0.2, 0.25) is 0 Å². The molecule has 0 spiro atoms. The Bertz CT molecular complexity index is 1020. The Balaban J connectivity index is 1.56. The summed E-state index contributed by atoms with van der Waals surface area (Å²) >= 11 is 0. The van der Waals surface area contributed by atoms with Gasteiger partial charge in [0.15, 0.2) is 6.10 Å². The lowest BCUT2D eigenvalue weighted by molar-refractivity contribution is -0.131. The first kappa shape index (κ1) is 27.2. The number of carbonyl (C=O) groups is 2. The third-order valence-corrected chi connectivity index (χ3v) is 6.23. The van der Waals surface area contributed by atoms with Crippen LogP contribution in [0, 0.1) is 17.2 Å². The molecule has 0 radical (unpaired) electrons. The zero-order valence-corrected chi connectivity index (χ0v) is 21.3. The van der Waals surface area contributed by atoms with Gasteiger partial charge in [0.2, 0.25) is 0 Å². The summed E-state index contributed by atoms with van der Waals surface area (Å²) in [5, 5.41) is 15.6. The Morgan fingerprint density at radius 3 is 2.36 bits per heavy atom. The highest BCUT2D eigenvalue weighted by Crippen LogP contribution is 2.27. The minimum Gasteiger partial charge on any atom is -0.436 e. The smallest absolute Gasteiger partial charge is 0.408 e. The maximum Gasteiger partial charge on any atom is 0.408 e. The molecule has 3 unspecified atom stereocenters. The molecule has 192 valence electrons. The van der Waals surface area contributed by atoms with Crippen molar-refractivity contribution in [2.45, 2.75) is 57.5 Å². The molecule has 1 aliphatic heterocycles. The summed E-state index contributed by atoms with van der Waals surface area (Å²) in [6.07, 6.45) is -0.883. The molecule has 0 saturated carbocycles. The zero-order valence-electron chi connectivity index (χ0n) is 21.3. The summed E-state index contributed by atoms with van der Waals surface area (Å²) in [6, 6.07) is 21.6. The average Bonchev–Trinajstić information content (AvgIpc) is 3.18. The standard InChI is InChI=1S/C28H36N4O4/c1-21(2)14-25(36-27(34)30-16-22-10-6-4-7-11-22)26(33)31-28(19-29)15-24(32(3)20-28)18-35-17-23-12-8-5-9-13-23/h4-13,21,24-25H,14-18,20H2,1-3H3,(H,30,34)(H,31,33). The van der Waals surface area contributed by atoms with Crippen molar-refractivity contribution in [3.8, 4) is 6.07 Å². The highest BCUT2D eigenvalue weighted by Gasteiger charge is 2.45. The Kier molecular flexibility index (Phi) is 9.86. The van der Waals surface area contributed by atoms with E-state index in [1.165, 1.54) is 0 Å². The minimum atomic E-state index is -1.08. The van der Waals surface area contributed by atoms with E-state index in [1.54, 1.807) is 0 Å². The molecule has 2 N–H and O–H groups in total. The van der Waals surface area contributed by atoms with Crippen molar-refractivity contribution >= 4 is 12.0 Å². The number of likely N-dealkylation sites (tertiary alicyclic amines) is 1. The number of rotatable bonds is 11. The number of ether oxygens (including phenoxy) is 2. The van der Waals surface area contributed by atoms with Crippen LogP contribution >= 0.6 is 0 Å². The molecular weight excluding hydrogens is 456 g/mol. The highest BCUT2D eigenvalue weighted by atomic mass is 16.6. The van der Waals surface area contributed by atoms with Gasteiger partial charge in [-0.15, -0.1) is 0 Å².